The minimum absolute atomic E-state index is 0.580. The summed E-state index contributed by atoms with van der Waals surface area (Å²) in [6.45, 7) is 0.580. The van der Waals surface area contributed by atoms with E-state index in [0.717, 1.165) is 17.0 Å². The summed E-state index contributed by atoms with van der Waals surface area (Å²) in [5.74, 6) is 0.836. The Morgan fingerprint density at radius 1 is 1.00 bits per heavy atom. The maximum Gasteiger partial charge on any atom is 0.121 e. The van der Waals surface area contributed by atoms with Gasteiger partial charge in [0.15, 0.2) is 0 Å². The van der Waals surface area contributed by atoms with Gasteiger partial charge in [-0.05, 0) is 17.7 Å². The van der Waals surface area contributed by atoms with Crippen LogP contribution in [0.4, 0.5) is 5.69 Å². The van der Waals surface area contributed by atoms with Crippen LogP contribution in [0.5, 0.6) is 5.75 Å². The molecular formula is C13H13NOS. The maximum absolute atomic E-state index is 5.66. The summed E-state index contributed by atoms with van der Waals surface area (Å²) in [6.07, 6.45) is 0. The Bertz CT molecular complexity index is 445. The number of anilines is 1. The molecule has 1 N–H and O–H groups in total. The van der Waals surface area contributed by atoms with Crippen molar-refractivity contribution >= 4 is 18.5 Å². The summed E-state index contributed by atoms with van der Waals surface area (Å²) in [5, 5.41) is 0. The molecular weight excluding hydrogens is 218 g/mol. The second-order valence-corrected chi connectivity index (χ2v) is 3.64. The van der Waals surface area contributed by atoms with Gasteiger partial charge in [0.2, 0.25) is 0 Å². The predicted octanol–water partition coefficient (Wildman–Crippen LogP) is 3.52. The SMILES string of the molecule is SNc1cccc(OCc2ccccc2)c1. The van der Waals surface area contributed by atoms with Crippen LogP contribution >= 0.6 is 12.8 Å². The number of ether oxygens (including phenoxy) is 1. The molecule has 2 aromatic carbocycles. The first-order valence-corrected chi connectivity index (χ1v) is 5.50. The summed E-state index contributed by atoms with van der Waals surface area (Å²) in [7, 11) is 0. The van der Waals surface area contributed by atoms with Crippen molar-refractivity contribution in [2.75, 3.05) is 4.72 Å². The molecule has 0 unspecified atom stereocenters. The van der Waals surface area contributed by atoms with Crippen LogP contribution in [0.15, 0.2) is 54.6 Å². The second-order valence-electron chi connectivity index (χ2n) is 3.41. The van der Waals surface area contributed by atoms with Crippen LogP contribution in [0.3, 0.4) is 0 Å². The molecule has 0 aliphatic heterocycles. The Labute approximate surface area is 101 Å². The molecule has 0 aliphatic rings. The van der Waals surface area contributed by atoms with Gasteiger partial charge < -0.3 is 9.46 Å². The zero-order valence-electron chi connectivity index (χ0n) is 8.76. The van der Waals surface area contributed by atoms with Crippen molar-refractivity contribution in [2.45, 2.75) is 6.61 Å². The van der Waals surface area contributed by atoms with E-state index < -0.39 is 0 Å². The summed E-state index contributed by atoms with van der Waals surface area (Å²) in [6, 6.07) is 17.8. The lowest BCUT2D eigenvalue weighted by Crippen LogP contribution is -1.95. The van der Waals surface area contributed by atoms with Crippen LogP contribution in [0.2, 0.25) is 0 Å². The normalized spacial score (nSPS) is 9.81. The first kappa shape index (κ1) is 10.9. The minimum atomic E-state index is 0.580. The van der Waals surface area contributed by atoms with Crippen molar-refractivity contribution in [2.24, 2.45) is 0 Å². The van der Waals surface area contributed by atoms with Crippen molar-refractivity contribution in [3.63, 3.8) is 0 Å². The van der Waals surface area contributed by atoms with Crippen LogP contribution in [-0.4, -0.2) is 0 Å². The lowest BCUT2D eigenvalue weighted by atomic mass is 10.2. The van der Waals surface area contributed by atoms with Crippen LogP contribution in [0.25, 0.3) is 0 Å². The van der Waals surface area contributed by atoms with Crippen molar-refractivity contribution < 1.29 is 4.74 Å². The fraction of sp³-hybridized carbons (Fsp3) is 0.0769. The number of thiol groups is 1. The van der Waals surface area contributed by atoms with Crippen molar-refractivity contribution in [3.05, 3.63) is 60.2 Å². The van der Waals surface area contributed by atoms with Gasteiger partial charge in [-0.15, -0.1) is 0 Å². The fourth-order valence-electron chi connectivity index (χ4n) is 1.40. The van der Waals surface area contributed by atoms with Crippen LogP contribution in [-0.2, 0) is 6.61 Å². The number of rotatable bonds is 4. The minimum Gasteiger partial charge on any atom is -0.489 e. The van der Waals surface area contributed by atoms with Gasteiger partial charge in [-0.3, -0.25) is 0 Å². The highest BCUT2D eigenvalue weighted by molar-refractivity contribution is 7.81. The highest BCUT2D eigenvalue weighted by Crippen LogP contribution is 2.18. The summed E-state index contributed by atoms with van der Waals surface area (Å²) >= 11 is 3.99. The van der Waals surface area contributed by atoms with Gasteiger partial charge in [0, 0.05) is 11.8 Å². The number of hydrogen-bond donors (Lipinski definition) is 2. The Kier molecular flexibility index (Phi) is 3.72. The Morgan fingerprint density at radius 3 is 2.56 bits per heavy atom. The third-order valence-corrected chi connectivity index (χ3v) is 2.47. The molecule has 0 bridgehead atoms. The molecule has 0 aromatic heterocycles. The smallest absolute Gasteiger partial charge is 0.121 e. The molecule has 2 rings (SSSR count). The molecule has 0 spiro atoms. The van der Waals surface area contributed by atoms with E-state index in [2.05, 4.69) is 17.5 Å². The number of nitrogens with one attached hydrogen (secondary N) is 1. The molecule has 0 aliphatic carbocycles. The van der Waals surface area contributed by atoms with Crippen LogP contribution in [0, 0.1) is 0 Å². The Balaban J connectivity index is 1.99. The van der Waals surface area contributed by atoms with Crippen molar-refractivity contribution in [1.82, 2.24) is 0 Å². The molecule has 0 heterocycles. The average Bonchev–Trinajstić information content (AvgIpc) is 2.38. The monoisotopic (exact) mass is 231 g/mol. The molecule has 16 heavy (non-hydrogen) atoms. The Hall–Kier alpha value is -1.61. The first-order valence-electron chi connectivity index (χ1n) is 5.05. The molecule has 0 saturated carbocycles. The van der Waals surface area contributed by atoms with Crippen molar-refractivity contribution in [3.8, 4) is 5.75 Å². The number of hydrogen-bond acceptors (Lipinski definition) is 3. The molecule has 3 heteroatoms. The van der Waals surface area contributed by atoms with Gasteiger partial charge in [0.25, 0.3) is 0 Å². The second kappa shape index (κ2) is 5.47. The van der Waals surface area contributed by atoms with Gasteiger partial charge in [-0.2, -0.15) is 0 Å². The standard InChI is InChI=1S/C13H13NOS/c16-14-12-7-4-8-13(9-12)15-10-11-5-2-1-3-6-11/h1-9,14,16H,10H2. The average molecular weight is 231 g/mol. The fourth-order valence-corrected chi connectivity index (χ4v) is 1.54. The zero-order valence-corrected chi connectivity index (χ0v) is 9.65. The lowest BCUT2D eigenvalue weighted by Gasteiger charge is -2.07. The molecule has 0 fully saturated rings. The molecule has 82 valence electrons. The van der Waals surface area contributed by atoms with Crippen molar-refractivity contribution in [1.29, 1.82) is 0 Å². The Morgan fingerprint density at radius 2 is 1.81 bits per heavy atom. The van der Waals surface area contributed by atoms with Gasteiger partial charge in [0.05, 0.1) is 0 Å². The maximum atomic E-state index is 5.66. The lowest BCUT2D eigenvalue weighted by molar-refractivity contribution is 0.306. The summed E-state index contributed by atoms with van der Waals surface area (Å²) in [4.78, 5) is 0. The summed E-state index contributed by atoms with van der Waals surface area (Å²) in [5.41, 5.74) is 2.08. The summed E-state index contributed by atoms with van der Waals surface area (Å²) < 4.78 is 8.44. The molecule has 0 radical (unpaired) electrons. The van der Waals surface area contributed by atoms with E-state index in [1.807, 2.05) is 54.6 Å². The van der Waals surface area contributed by atoms with E-state index >= 15 is 0 Å². The van der Waals surface area contributed by atoms with Crippen LogP contribution in [0.1, 0.15) is 5.56 Å². The molecule has 0 saturated heterocycles. The van der Waals surface area contributed by atoms with E-state index in [9.17, 15) is 0 Å². The quantitative estimate of drug-likeness (QED) is 0.786. The zero-order chi connectivity index (χ0) is 11.2. The molecule has 2 nitrogen and oxygen atoms in total. The van der Waals surface area contributed by atoms with Crippen LogP contribution < -0.4 is 9.46 Å². The first-order chi connectivity index (χ1) is 7.88. The largest absolute Gasteiger partial charge is 0.489 e. The van der Waals surface area contributed by atoms with Gasteiger partial charge >= 0.3 is 0 Å². The third-order valence-electron chi connectivity index (χ3n) is 2.21. The molecule has 0 amide bonds. The van der Waals surface area contributed by atoms with E-state index in [0.29, 0.717) is 6.61 Å². The predicted molar refractivity (Wildman–Crippen MR) is 69.8 cm³/mol. The van der Waals surface area contributed by atoms with E-state index in [1.54, 1.807) is 0 Å². The van der Waals surface area contributed by atoms with E-state index in [-0.39, 0.29) is 0 Å². The topological polar surface area (TPSA) is 21.3 Å². The van der Waals surface area contributed by atoms with Gasteiger partial charge in [-0.1, -0.05) is 49.2 Å². The third kappa shape index (κ3) is 2.94. The van der Waals surface area contributed by atoms with E-state index in [1.165, 1.54) is 0 Å². The highest BCUT2D eigenvalue weighted by atomic mass is 32.1. The molecule has 2 aromatic rings. The molecule has 0 atom stereocenters. The highest BCUT2D eigenvalue weighted by Gasteiger charge is 1.96. The van der Waals surface area contributed by atoms with Gasteiger partial charge in [0.1, 0.15) is 12.4 Å². The number of benzene rings is 2. The van der Waals surface area contributed by atoms with Gasteiger partial charge in [-0.25, -0.2) is 0 Å². The van der Waals surface area contributed by atoms with E-state index in [4.69, 9.17) is 4.74 Å².